The molecule has 1 nitrogen and oxygen atoms in total. The van der Waals surface area contributed by atoms with Gasteiger partial charge >= 0.3 is 0 Å². The van der Waals surface area contributed by atoms with Gasteiger partial charge in [-0.05, 0) is 30.6 Å². The fraction of sp³-hybridized carbons (Fsp3) is 1.00. The third-order valence-electron chi connectivity index (χ3n) is 3.15. The molecule has 2 rings (SSSR count). The molecule has 10 heavy (non-hydrogen) atoms. The standard InChI is InChI=1S/C9H17N/c1-7(2)8-5-9(3-4-9)6-10-8/h7-8,10H,3-6H2,1-2H3. The Labute approximate surface area is 63.2 Å². The predicted octanol–water partition coefficient (Wildman–Crippen LogP) is 1.78. The highest BCUT2D eigenvalue weighted by molar-refractivity contribution is 5.03. The summed E-state index contributed by atoms with van der Waals surface area (Å²) in [6.45, 7) is 5.94. The van der Waals surface area contributed by atoms with Crippen molar-refractivity contribution in [3.63, 3.8) is 0 Å². The zero-order valence-electron chi connectivity index (χ0n) is 6.98. The maximum absolute atomic E-state index is 3.61. The third kappa shape index (κ3) is 0.968. The molecule has 1 heteroatoms. The summed E-state index contributed by atoms with van der Waals surface area (Å²) in [7, 11) is 0. The van der Waals surface area contributed by atoms with Crippen LogP contribution >= 0.6 is 0 Å². The molecule has 0 aromatic heterocycles. The van der Waals surface area contributed by atoms with Crippen LogP contribution in [0.25, 0.3) is 0 Å². The number of nitrogens with one attached hydrogen (secondary N) is 1. The van der Waals surface area contributed by atoms with Crippen LogP contribution in [0.2, 0.25) is 0 Å². The van der Waals surface area contributed by atoms with Gasteiger partial charge in [0.25, 0.3) is 0 Å². The highest BCUT2D eigenvalue weighted by atomic mass is 15.0. The summed E-state index contributed by atoms with van der Waals surface area (Å²) in [5.41, 5.74) is 0.787. The Balaban J connectivity index is 1.93. The molecule has 58 valence electrons. The maximum Gasteiger partial charge on any atom is 0.00960 e. The van der Waals surface area contributed by atoms with Crippen molar-refractivity contribution in [2.24, 2.45) is 11.3 Å². The molecule has 0 radical (unpaired) electrons. The van der Waals surface area contributed by atoms with Crippen LogP contribution in [0.3, 0.4) is 0 Å². The van der Waals surface area contributed by atoms with Crippen molar-refractivity contribution < 1.29 is 0 Å². The highest BCUT2D eigenvalue weighted by Gasteiger charge is 2.48. The molecule has 1 spiro atoms. The summed E-state index contributed by atoms with van der Waals surface area (Å²) in [6.07, 6.45) is 4.43. The topological polar surface area (TPSA) is 12.0 Å². The van der Waals surface area contributed by atoms with Gasteiger partial charge in [0.15, 0.2) is 0 Å². The van der Waals surface area contributed by atoms with E-state index in [9.17, 15) is 0 Å². The van der Waals surface area contributed by atoms with Crippen molar-refractivity contribution >= 4 is 0 Å². The molecule has 1 saturated heterocycles. The van der Waals surface area contributed by atoms with Gasteiger partial charge in [0, 0.05) is 12.6 Å². The first-order valence-electron chi connectivity index (χ1n) is 4.45. The third-order valence-corrected chi connectivity index (χ3v) is 3.15. The molecule has 1 N–H and O–H groups in total. The second kappa shape index (κ2) is 1.97. The van der Waals surface area contributed by atoms with Gasteiger partial charge in [-0.2, -0.15) is 0 Å². The second-order valence-corrected chi connectivity index (χ2v) is 4.44. The molecule has 1 unspecified atom stereocenters. The first kappa shape index (κ1) is 6.66. The molecule has 1 atom stereocenters. The minimum absolute atomic E-state index is 0.787. The summed E-state index contributed by atoms with van der Waals surface area (Å²) in [5.74, 6) is 0.833. The molecule has 1 aliphatic carbocycles. The smallest absolute Gasteiger partial charge is 0.00960 e. The summed E-state index contributed by atoms with van der Waals surface area (Å²) >= 11 is 0. The Morgan fingerprint density at radius 3 is 2.40 bits per heavy atom. The van der Waals surface area contributed by atoms with E-state index in [1.165, 1.54) is 25.8 Å². The van der Waals surface area contributed by atoms with Crippen LogP contribution in [-0.4, -0.2) is 12.6 Å². The zero-order chi connectivity index (χ0) is 7.19. The van der Waals surface area contributed by atoms with Crippen molar-refractivity contribution in [3.05, 3.63) is 0 Å². The predicted molar refractivity (Wildman–Crippen MR) is 42.9 cm³/mol. The summed E-state index contributed by atoms with van der Waals surface area (Å²) < 4.78 is 0. The van der Waals surface area contributed by atoms with E-state index < -0.39 is 0 Å². The molecular formula is C9H17N. The highest BCUT2D eigenvalue weighted by Crippen LogP contribution is 2.52. The number of rotatable bonds is 1. The summed E-state index contributed by atoms with van der Waals surface area (Å²) in [4.78, 5) is 0. The normalized spacial score (nSPS) is 35.7. The average molecular weight is 139 g/mol. The van der Waals surface area contributed by atoms with E-state index in [4.69, 9.17) is 0 Å². The van der Waals surface area contributed by atoms with Crippen molar-refractivity contribution in [2.45, 2.75) is 39.2 Å². The van der Waals surface area contributed by atoms with Crippen LogP contribution < -0.4 is 5.32 Å². The molecule has 0 aromatic rings. The molecule has 0 aromatic carbocycles. The van der Waals surface area contributed by atoms with Crippen LogP contribution in [0, 0.1) is 11.3 Å². The van der Waals surface area contributed by atoms with Crippen LogP contribution in [0.1, 0.15) is 33.1 Å². The van der Waals surface area contributed by atoms with E-state index in [1.807, 2.05) is 0 Å². The Bertz CT molecular complexity index is 136. The molecule has 0 bridgehead atoms. The van der Waals surface area contributed by atoms with Crippen LogP contribution in [0.4, 0.5) is 0 Å². The fourth-order valence-electron chi connectivity index (χ4n) is 1.99. The Morgan fingerprint density at radius 1 is 1.40 bits per heavy atom. The zero-order valence-corrected chi connectivity index (χ0v) is 6.98. The second-order valence-electron chi connectivity index (χ2n) is 4.44. The van der Waals surface area contributed by atoms with Gasteiger partial charge in [0.05, 0.1) is 0 Å². The van der Waals surface area contributed by atoms with Gasteiger partial charge in [-0.3, -0.25) is 0 Å². The van der Waals surface area contributed by atoms with Gasteiger partial charge < -0.3 is 5.32 Å². The fourth-order valence-corrected chi connectivity index (χ4v) is 1.99. The first-order valence-corrected chi connectivity index (χ1v) is 4.45. The Hall–Kier alpha value is -0.0400. The lowest BCUT2D eigenvalue weighted by Crippen LogP contribution is -2.26. The minimum Gasteiger partial charge on any atom is -0.313 e. The lowest BCUT2D eigenvalue weighted by molar-refractivity contribution is 0.435. The molecule has 1 aliphatic heterocycles. The number of hydrogen-bond donors (Lipinski definition) is 1. The van der Waals surface area contributed by atoms with Crippen molar-refractivity contribution in [1.29, 1.82) is 0 Å². The van der Waals surface area contributed by atoms with Gasteiger partial charge in [0.2, 0.25) is 0 Å². The average Bonchev–Trinajstić information content (AvgIpc) is 2.41. The molecule has 2 aliphatic rings. The van der Waals surface area contributed by atoms with Crippen LogP contribution in [0.15, 0.2) is 0 Å². The Kier molecular flexibility index (Phi) is 1.31. The minimum atomic E-state index is 0.787. The van der Waals surface area contributed by atoms with Crippen LogP contribution in [-0.2, 0) is 0 Å². The van der Waals surface area contributed by atoms with E-state index in [1.54, 1.807) is 0 Å². The lowest BCUT2D eigenvalue weighted by atomic mass is 9.96. The van der Waals surface area contributed by atoms with E-state index in [0.29, 0.717) is 0 Å². The van der Waals surface area contributed by atoms with Gasteiger partial charge in [-0.15, -0.1) is 0 Å². The summed E-state index contributed by atoms with van der Waals surface area (Å²) in [6, 6.07) is 0.822. The van der Waals surface area contributed by atoms with E-state index in [-0.39, 0.29) is 0 Å². The molecule has 1 heterocycles. The van der Waals surface area contributed by atoms with Gasteiger partial charge in [0.1, 0.15) is 0 Å². The summed E-state index contributed by atoms with van der Waals surface area (Å²) in [5, 5.41) is 3.61. The van der Waals surface area contributed by atoms with Gasteiger partial charge in [-0.25, -0.2) is 0 Å². The molecule has 2 fully saturated rings. The monoisotopic (exact) mass is 139 g/mol. The molecule has 1 saturated carbocycles. The van der Waals surface area contributed by atoms with Gasteiger partial charge in [-0.1, -0.05) is 13.8 Å². The molecular weight excluding hydrogens is 122 g/mol. The van der Waals surface area contributed by atoms with Crippen LogP contribution in [0.5, 0.6) is 0 Å². The SMILES string of the molecule is CC(C)C1CC2(CC2)CN1. The quantitative estimate of drug-likeness (QED) is 0.584. The Morgan fingerprint density at radius 2 is 2.10 bits per heavy atom. The molecule has 0 amide bonds. The van der Waals surface area contributed by atoms with E-state index in [2.05, 4.69) is 19.2 Å². The van der Waals surface area contributed by atoms with E-state index >= 15 is 0 Å². The first-order chi connectivity index (χ1) is 4.72. The van der Waals surface area contributed by atoms with Crippen molar-refractivity contribution in [3.8, 4) is 0 Å². The maximum atomic E-state index is 3.61. The van der Waals surface area contributed by atoms with Crippen molar-refractivity contribution in [1.82, 2.24) is 5.32 Å². The van der Waals surface area contributed by atoms with E-state index in [0.717, 1.165) is 17.4 Å². The largest absolute Gasteiger partial charge is 0.313 e. The number of hydrogen-bond acceptors (Lipinski definition) is 1. The van der Waals surface area contributed by atoms with Crippen molar-refractivity contribution in [2.75, 3.05) is 6.54 Å². The lowest BCUT2D eigenvalue weighted by Gasteiger charge is -2.13.